The van der Waals surface area contributed by atoms with Crippen molar-refractivity contribution >= 4 is 65.6 Å². The molecule has 0 amide bonds. The van der Waals surface area contributed by atoms with Crippen molar-refractivity contribution in [3.05, 3.63) is 182 Å². The first kappa shape index (κ1) is 28.0. The number of hydrogen-bond donors (Lipinski definition) is 0. The first-order valence-corrected chi connectivity index (χ1v) is 17.4. The monoisotopic (exact) mass is 650 g/mol. The quantitative estimate of drug-likeness (QED) is 0.186. The molecule has 0 aliphatic heterocycles. The summed E-state index contributed by atoms with van der Waals surface area (Å²) < 4.78 is 11.7. The van der Waals surface area contributed by atoms with Crippen LogP contribution in [-0.4, -0.2) is 9.13 Å². The third kappa shape index (κ3) is 4.19. The van der Waals surface area contributed by atoms with Crippen molar-refractivity contribution in [2.45, 2.75) is 0 Å². The molecule has 51 heavy (non-hydrogen) atoms. The molecule has 0 radical (unpaired) electrons. The third-order valence-corrected chi connectivity index (χ3v) is 10.5. The van der Waals surface area contributed by atoms with Gasteiger partial charge in [-0.1, -0.05) is 121 Å². The fourth-order valence-electron chi connectivity index (χ4n) is 8.19. The molecule has 0 fully saturated rings. The Bertz CT molecular complexity index is 3110. The average Bonchev–Trinajstić information content (AvgIpc) is 3.85. The molecule has 11 rings (SSSR count). The molecule has 0 aliphatic rings. The Labute approximate surface area is 293 Å². The summed E-state index contributed by atoms with van der Waals surface area (Å²) >= 11 is 0. The highest BCUT2D eigenvalue weighted by Gasteiger charge is 2.21. The van der Waals surface area contributed by atoms with Crippen molar-refractivity contribution in [3.63, 3.8) is 0 Å². The van der Waals surface area contributed by atoms with E-state index in [1.165, 1.54) is 43.9 Å². The number of furan rings is 1. The SMILES string of the molecule is c1ccc(-c2ccc(-n3c4ccccc4c4cc5c(cc43)oc3c5ccc4c3c3ccccc3n4-c3cccc(-c4ccccc4)c3)cc2)cc1. The molecule has 11 aromatic rings. The van der Waals surface area contributed by atoms with E-state index >= 15 is 0 Å². The van der Waals surface area contributed by atoms with Crippen molar-refractivity contribution in [2.75, 3.05) is 0 Å². The number of hydrogen-bond acceptors (Lipinski definition) is 1. The maximum Gasteiger partial charge on any atom is 0.145 e. The predicted molar refractivity (Wildman–Crippen MR) is 213 cm³/mol. The van der Waals surface area contributed by atoms with E-state index < -0.39 is 0 Å². The largest absolute Gasteiger partial charge is 0.455 e. The molecule has 0 bridgehead atoms. The standard InChI is InChI=1S/C48H30N2O/c1-3-12-31(13-4-1)33-22-24-35(25-23-33)49-42-20-9-7-18-37(42)40-29-41-38-26-27-44-47(48(38)51-46(41)30-45(40)49)39-19-8-10-21-43(39)50(44)36-17-11-16-34(28-36)32-14-5-2-6-15-32/h1-30H. The van der Waals surface area contributed by atoms with Crippen LogP contribution in [0.15, 0.2) is 186 Å². The number of nitrogens with zero attached hydrogens (tertiary/aromatic N) is 2. The molecule has 0 saturated carbocycles. The van der Waals surface area contributed by atoms with Gasteiger partial charge in [0, 0.05) is 44.4 Å². The van der Waals surface area contributed by atoms with Gasteiger partial charge in [0.25, 0.3) is 0 Å². The van der Waals surface area contributed by atoms with Crippen LogP contribution in [0.5, 0.6) is 0 Å². The second-order valence-electron chi connectivity index (χ2n) is 13.3. The van der Waals surface area contributed by atoms with Gasteiger partial charge in [0.15, 0.2) is 0 Å². The summed E-state index contributed by atoms with van der Waals surface area (Å²) in [6.45, 7) is 0. The molecule has 3 nitrogen and oxygen atoms in total. The van der Waals surface area contributed by atoms with Gasteiger partial charge >= 0.3 is 0 Å². The van der Waals surface area contributed by atoms with Crippen LogP contribution < -0.4 is 0 Å². The summed E-state index contributed by atoms with van der Waals surface area (Å²) in [4.78, 5) is 0. The Morgan fingerprint density at radius 2 is 0.922 bits per heavy atom. The second-order valence-corrected chi connectivity index (χ2v) is 13.3. The minimum absolute atomic E-state index is 0.887. The summed E-state index contributed by atoms with van der Waals surface area (Å²) in [5.41, 5.74) is 13.5. The van der Waals surface area contributed by atoms with Gasteiger partial charge in [0.05, 0.1) is 27.5 Å². The van der Waals surface area contributed by atoms with Gasteiger partial charge in [-0.2, -0.15) is 0 Å². The van der Waals surface area contributed by atoms with E-state index in [1.807, 2.05) is 0 Å². The highest BCUT2D eigenvalue weighted by molar-refractivity contribution is 6.25. The second kappa shape index (κ2) is 10.8. The molecule has 0 saturated heterocycles. The molecule has 0 aliphatic carbocycles. The van der Waals surface area contributed by atoms with Crippen LogP contribution in [0.4, 0.5) is 0 Å². The van der Waals surface area contributed by atoms with Crippen molar-refractivity contribution in [3.8, 4) is 33.6 Å². The van der Waals surface area contributed by atoms with Gasteiger partial charge < -0.3 is 13.6 Å². The van der Waals surface area contributed by atoms with Crippen LogP contribution in [-0.2, 0) is 0 Å². The van der Waals surface area contributed by atoms with Gasteiger partial charge in [-0.3, -0.25) is 0 Å². The zero-order chi connectivity index (χ0) is 33.5. The molecule has 238 valence electrons. The molecule has 0 atom stereocenters. The first-order chi connectivity index (χ1) is 25.3. The van der Waals surface area contributed by atoms with Gasteiger partial charge in [-0.15, -0.1) is 0 Å². The van der Waals surface area contributed by atoms with Gasteiger partial charge in [-0.25, -0.2) is 0 Å². The lowest BCUT2D eigenvalue weighted by atomic mass is 10.0. The summed E-state index contributed by atoms with van der Waals surface area (Å²) in [7, 11) is 0. The smallest absolute Gasteiger partial charge is 0.145 e. The van der Waals surface area contributed by atoms with Crippen LogP contribution in [0.2, 0.25) is 0 Å². The van der Waals surface area contributed by atoms with Gasteiger partial charge in [0.2, 0.25) is 0 Å². The topological polar surface area (TPSA) is 23.0 Å². The van der Waals surface area contributed by atoms with Crippen LogP contribution in [0.3, 0.4) is 0 Å². The Morgan fingerprint density at radius 1 is 0.314 bits per heavy atom. The van der Waals surface area contributed by atoms with E-state index in [0.717, 1.165) is 55.2 Å². The number of aromatic nitrogens is 2. The lowest BCUT2D eigenvalue weighted by Crippen LogP contribution is -1.94. The fourth-order valence-corrected chi connectivity index (χ4v) is 8.19. The molecule has 3 heteroatoms. The minimum atomic E-state index is 0.887. The van der Waals surface area contributed by atoms with E-state index in [9.17, 15) is 0 Å². The summed E-state index contributed by atoms with van der Waals surface area (Å²) in [5, 5.41) is 7.02. The van der Waals surface area contributed by atoms with Crippen LogP contribution in [0, 0.1) is 0 Å². The number of rotatable bonds is 4. The van der Waals surface area contributed by atoms with Crippen molar-refractivity contribution < 1.29 is 4.42 Å². The maximum absolute atomic E-state index is 6.96. The Kier molecular flexibility index (Phi) is 5.96. The zero-order valence-electron chi connectivity index (χ0n) is 27.6. The molecule has 8 aromatic carbocycles. The normalized spacial score (nSPS) is 11.9. The minimum Gasteiger partial charge on any atom is -0.455 e. The van der Waals surface area contributed by atoms with E-state index in [2.05, 4.69) is 191 Å². The highest BCUT2D eigenvalue weighted by Crippen LogP contribution is 2.43. The first-order valence-electron chi connectivity index (χ1n) is 17.4. The molecule has 0 unspecified atom stereocenters. The lowest BCUT2D eigenvalue weighted by Gasteiger charge is -2.10. The highest BCUT2D eigenvalue weighted by atomic mass is 16.3. The predicted octanol–water partition coefficient (Wildman–Crippen LogP) is 13.1. The van der Waals surface area contributed by atoms with Crippen molar-refractivity contribution in [1.29, 1.82) is 0 Å². The van der Waals surface area contributed by atoms with Gasteiger partial charge in [0.1, 0.15) is 11.2 Å². The Morgan fingerprint density at radius 3 is 1.69 bits per heavy atom. The van der Waals surface area contributed by atoms with Crippen LogP contribution in [0.25, 0.3) is 99.2 Å². The molecule has 0 N–H and O–H groups in total. The fraction of sp³-hybridized carbons (Fsp3) is 0. The van der Waals surface area contributed by atoms with Crippen molar-refractivity contribution in [1.82, 2.24) is 9.13 Å². The number of para-hydroxylation sites is 2. The van der Waals surface area contributed by atoms with Crippen LogP contribution >= 0.6 is 0 Å². The van der Waals surface area contributed by atoms with Crippen LogP contribution in [0.1, 0.15) is 0 Å². The van der Waals surface area contributed by atoms with E-state index in [4.69, 9.17) is 4.42 Å². The molecular weight excluding hydrogens is 621 g/mol. The lowest BCUT2D eigenvalue weighted by molar-refractivity contribution is 0.673. The summed E-state index contributed by atoms with van der Waals surface area (Å²) in [5.74, 6) is 0. The average molecular weight is 651 g/mol. The van der Waals surface area contributed by atoms with E-state index in [1.54, 1.807) is 0 Å². The van der Waals surface area contributed by atoms with E-state index in [-0.39, 0.29) is 0 Å². The third-order valence-electron chi connectivity index (χ3n) is 10.5. The molecule has 3 heterocycles. The Balaban J connectivity index is 1.15. The molecule has 3 aromatic heterocycles. The molecular formula is C48H30N2O. The van der Waals surface area contributed by atoms with Gasteiger partial charge in [-0.05, 0) is 76.9 Å². The molecule has 0 spiro atoms. The Hall–Kier alpha value is -6.84. The maximum atomic E-state index is 6.96. The zero-order valence-corrected chi connectivity index (χ0v) is 27.6. The van der Waals surface area contributed by atoms with Crippen molar-refractivity contribution in [2.24, 2.45) is 0 Å². The summed E-state index contributed by atoms with van der Waals surface area (Å²) in [6, 6.07) is 65.3. The van der Waals surface area contributed by atoms with E-state index in [0.29, 0.717) is 0 Å². The number of benzene rings is 8. The number of fused-ring (bicyclic) bond motifs is 10. The summed E-state index contributed by atoms with van der Waals surface area (Å²) in [6.07, 6.45) is 0.